The molecule has 80 heavy (non-hydrogen) atoms. The van der Waals surface area contributed by atoms with Gasteiger partial charge in [0.15, 0.2) is 12.6 Å². The van der Waals surface area contributed by atoms with Crippen molar-refractivity contribution in [3.8, 4) is 0 Å². The molecule has 14 nitrogen and oxygen atoms in total. The SMILES string of the molecule is CC/C=C\C/C=C\C/C=C\C/C=C\C/C=C\C/C=C\CCCCCCCCCCCCCCCCCCCCCCC(=O)NC(COC1OC(CO)C(OC2OC(CO)C(O)C(O)C2O)C(O)C1O)C(O)/C=C/CC/C=C/CCC. The molecule has 460 valence electrons. The number of aliphatic hydroxyl groups is 8. The van der Waals surface area contributed by atoms with Crippen LogP contribution in [0.1, 0.15) is 219 Å². The summed E-state index contributed by atoms with van der Waals surface area (Å²) in [5.41, 5.74) is 0. The van der Waals surface area contributed by atoms with E-state index in [1.54, 1.807) is 6.08 Å². The van der Waals surface area contributed by atoms with Crippen LogP contribution in [0.4, 0.5) is 0 Å². The topological polar surface area (TPSA) is 228 Å². The van der Waals surface area contributed by atoms with E-state index in [1.165, 1.54) is 109 Å². The maximum absolute atomic E-state index is 13.2. The Labute approximate surface area is 483 Å². The Hall–Kier alpha value is -3.09. The molecule has 2 saturated heterocycles. The van der Waals surface area contributed by atoms with Crippen LogP contribution >= 0.6 is 0 Å². The Morgan fingerprint density at radius 3 is 1.36 bits per heavy atom. The molecule has 0 bridgehead atoms. The van der Waals surface area contributed by atoms with Gasteiger partial charge in [-0.25, -0.2) is 0 Å². The summed E-state index contributed by atoms with van der Waals surface area (Å²) in [4.78, 5) is 13.2. The van der Waals surface area contributed by atoms with Crippen molar-refractivity contribution in [2.45, 2.75) is 293 Å². The van der Waals surface area contributed by atoms with Crippen LogP contribution in [0.3, 0.4) is 0 Å². The molecular weight excluding hydrogens is 1010 g/mol. The number of aliphatic hydroxyl groups excluding tert-OH is 8. The van der Waals surface area contributed by atoms with Gasteiger partial charge < -0.3 is 65.1 Å². The van der Waals surface area contributed by atoms with Crippen molar-refractivity contribution in [2.24, 2.45) is 0 Å². The fourth-order valence-corrected chi connectivity index (χ4v) is 9.73. The molecule has 0 aromatic heterocycles. The number of carbonyl (C=O) groups excluding carboxylic acids is 1. The summed E-state index contributed by atoms with van der Waals surface area (Å²) in [5, 5.41) is 86.6. The predicted octanol–water partition coefficient (Wildman–Crippen LogP) is 11.4. The van der Waals surface area contributed by atoms with E-state index < -0.39 is 86.8 Å². The summed E-state index contributed by atoms with van der Waals surface area (Å²) in [6.45, 7) is 2.53. The van der Waals surface area contributed by atoms with E-state index in [1.807, 2.05) is 6.08 Å². The molecule has 0 saturated carbocycles. The van der Waals surface area contributed by atoms with E-state index in [-0.39, 0.29) is 18.9 Å². The molecule has 1 amide bonds. The minimum Gasteiger partial charge on any atom is -0.394 e. The Bertz CT molecular complexity index is 1710. The molecule has 12 unspecified atom stereocenters. The lowest BCUT2D eigenvalue weighted by Gasteiger charge is -2.46. The number of rotatable bonds is 49. The minimum absolute atomic E-state index is 0.255. The van der Waals surface area contributed by atoms with Gasteiger partial charge in [-0.2, -0.15) is 0 Å². The Morgan fingerprint density at radius 1 is 0.463 bits per heavy atom. The van der Waals surface area contributed by atoms with Gasteiger partial charge in [-0.05, 0) is 77.0 Å². The van der Waals surface area contributed by atoms with Gasteiger partial charge in [0.1, 0.15) is 48.8 Å². The van der Waals surface area contributed by atoms with Gasteiger partial charge in [-0.1, -0.05) is 233 Å². The van der Waals surface area contributed by atoms with E-state index in [4.69, 9.17) is 18.9 Å². The highest BCUT2D eigenvalue weighted by Crippen LogP contribution is 2.30. The maximum Gasteiger partial charge on any atom is 0.220 e. The first-order chi connectivity index (χ1) is 39.1. The standard InChI is InChI=1S/C66H113NO13/c1-3-5-7-9-11-12-13-14-15-16-17-18-19-20-21-22-23-24-25-26-27-28-29-30-31-32-33-34-35-36-37-38-39-40-41-42-44-46-48-50-58(71)67-54(55(70)49-47-45-43-10-8-6-4-2)53-77-65-63(76)61(74)64(57(52-69)79-65)80-66-62(75)60(73)59(72)56(51-68)78-66/h5,7-8,10-12,14-15,17-18,20-21,23-24,47,49,54-57,59-66,68-70,72-76H,3-4,6,9,13,16,19,22,25-46,48,50-53H2,1-2H3,(H,67,71)/b7-5-,10-8+,12-11-,15-14-,18-17-,21-20-,24-23-,49-47+. The highest BCUT2D eigenvalue weighted by molar-refractivity contribution is 5.76. The Balaban J connectivity index is 1.52. The zero-order valence-electron chi connectivity index (χ0n) is 49.5. The molecule has 0 aromatic rings. The summed E-state index contributed by atoms with van der Waals surface area (Å²) < 4.78 is 22.6. The van der Waals surface area contributed by atoms with Gasteiger partial charge in [0.2, 0.25) is 5.91 Å². The molecule has 12 atom stereocenters. The first-order valence-corrected chi connectivity index (χ1v) is 31.5. The first-order valence-electron chi connectivity index (χ1n) is 31.5. The second kappa shape index (κ2) is 50.4. The summed E-state index contributed by atoms with van der Waals surface area (Å²) in [6, 6.07) is -0.931. The summed E-state index contributed by atoms with van der Waals surface area (Å²) in [6.07, 6.45) is 53.9. The van der Waals surface area contributed by atoms with Crippen LogP contribution in [0.5, 0.6) is 0 Å². The van der Waals surface area contributed by atoms with Crippen molar-refractivity contribution < 1.29 is 64.6 Å². The summed E-state index contributed by atoms with van der Waals surface area (Å²) in [7, 11) is 0. The maximum atomic E-state index is 13.2. The van der Waals surface area contributed by atoms with Crippen molar-refractivity contribution >= 4 is 5.91 Å². The van der Waals surface area contributed by atoms with Crippen LogP contribution < -0.4 is 5.32 Å². The van der Waals surface area contributed by atoms with Crippen molar-refractivity contribution in [3.63, 3.8) is 0 Å². The number of nitrogens with one attached hydrogen (secondary N) is 1. The van der Waals surface area contributed by atoms with E-state index in [9.17, 15) is 45.6 Å². The third kappa shape index (κ3) is 35.1. The van der Waals surface area contributed by atoms with Gasteiger partial charge in [-0.15, -0.1) is 0 Å². The molecule has 2 rings (SSSR count). The van der Waals surface area contributed by atoms with E-state index in [0.717, 1.165) is 77.0 Å². The number of carbonyl (C=O) groups is 1. The Kier molecular flexibility index (Phi) is 46.0. The summed E-state index contributed by atoms with van der Waals surface area (Å²) in [5.74, 6) is -0.255. The van der Waals surface area contributed by atoms with Crippen LogP contribution in [0.15, 0.2) is 97.2 Å². The molecule has 2 aliphatic heterocycles. The zero-order chi connectivity index (χ0) is 58.1. The van der Waals surface area contributed by atoms with Crippen molar-refractivity contribution in [1.82, 2.24) is 5.32 Å². The molecule has 0 aliphatic carbocycles. The molecule has 0 spiro atoms. The van der Waals surface area contributed by atoms with Gasteiger partial charge in [0, 0.05) is 6.42 Å². The molecule has 14 heteroatoms. The molecule has 2 aliphatic rings. The van der Waals surface area contributed by atoms with Gasteiger partial charge in [0.25, 0.3) is 0 Å². The van der Waals surface area contributed by atoms with Crippen molar-refractivity contribution in [3.05, 3.63) is 97.2 Å². The van der Waals surface area contributed by atoms with Crippen molar-refractivity contribution in [1.29, 1.82) is 0 Å². The number of unbranched alkanes of at least 4 members (excludes halogenated alkanes) is 22. The average Bonchev–Trinajstić information content (AvgIpc) is 3.48. The molecule has 2 heterocycles. The number of amides is 1. The lowest BCUT2D eigenvalue weighted by Crippen LogP contribution is -2.65. The molecule has 0 aromatic carbocycles. The number of ether oxygens (including phenoxy) is 4. The molecular formula is C66H113NO13. The zero-order valence-corrected chi connectivity index (χ0v) is 49.5. The highest BCUT2D eigenvalue weighted by Gasteiger charge is 2.51. The lowest BCUT2D eigenvalue weighted by atomic mass is 9.97. The van der Waals surface area contributed by atoms with Crippen molar-refractivity contribution in [2.75, 3.05) is 19.8 Å². The Morgan fingerprint density at radius 2 is 0.875 bits per heavy atom. The lowest BCUT2D eigenvalue weighted by molar-refractivity contribution is -0.359. The number of hydrogen-bond acceptors (Lipinski definition) is 13. The minimum atomic E-state index is -1.79. The van der Waals surface area contributed by atoms with Gasteiger partial charge in [-0.3, -0.25) is 4.79 Å². The van der Waals surface area contributed by atoms with E-state index >= 15 is 0 Å². The van der Waals surface area contributed by atoms with Crippen LogP contribution in [-0.2, 0) is 23.7 Å². The quantitative estimate of drug-likeness (QED) is 0.0204. The van der Waals surface area contributed by atoms with E-state index in [2.05, 4.69) is 104 Å². The highest BCUT2D eigenvalue weighted by atomic mass is 16.7. The molecule has 9 N–H and O–H groups in total. The number of hydrogen-bond donors (Lipinski definition) is 9. The molecule has 2 fully saturated rings. The predicted molar refractivity (Wildman–Crippen MR) is 323 cm³/mol. The first kappa shape index (κ1) is 73.0. The third-order valence-electron chi connectivity index (χ3n) is 14.7. The largest absolute Gasteiger partial charge is 0.394 e. The average molecular weight is 1130 g/mol. The third-order valence-corrected chi connectivity index (χ3v) is 14.7. The monoisotopic (exact) mass is 1130 g/mol. The molecule has 0 radical (unpaired) electrons. The van der Waals surface area contributed by atoms with Crippen LogP contribution in [0.2, 0.25) is 0 Å². The van der Waals surface area contributed by atoms with Crippen LogP contribution in [0.25, 0.3) is 0 Å². The van der Waals surface area contributed by atoms with E-state index in [0.29, 0.717) is 12.8 Å². The number of allylic oxidation sites excluding steroid dienone is 15. The van der Waals surface area contributed by atoms with Gasteiger partial charge in [0.05, 0.1) is 32.0 Å². The fraction of sp³-hybridized carbons (Fsp3) is 0.742. The van der Waals surface area contributed by atoms with Gasteiger partial charge >= 0.3 is 0 Å². The summed E-state index contributed by atoms with van der Waals surface area (Å²) >= 11 is 0. The fourth-order valence-electron chi connectivity index (χ4n) is 9.73. The second-order valence-electron chi connectivity index (χ2n) is 21.8. The second-order valence-corrected chi connectivity index (χ2v) is 21.8. The van der Waals surface area contributed by atoms with Crippen LogP contribution in [-0.4, -0.2) is 140 Å². The normalized spacial score (nSPS) is 24.9. The van der Waals surface area contributed by atoms with Crippen LogP contribution in [0, 0.1) is 0 Å². The smallest absolute Gasteiger partial charge is 0.220 e.